The van der Waals surface area contributed by atoms with Crippen molar-refractivity contribution in [2.75, 3.05) is 20.3 Å². The summed E-state index contributed by atoms with van der Waals surface area (Å²) >= 11 is 0. The van der Waals surface area contributed by atoms with Crippen molar-refractivity contribution in [1.29, 1.82) is 0 Å². The molecule has 0 saturated carbocycles. The Morgan fingerprint density at radius 2 is 2.33 bits per heavy atom. The highest BCUT2D eigenvalue weighted by molar-refractivity contribution is 5.82. The molecule has 4 heteroatoms. The van der Waals surface area contributed by atoms with Crippen LogP contribution in [-0.4, -0.2) is 37.9 Å². The molecule has 1 aliphatic rings. The molecule has 88 valence electrons. The molecule has 1 rings (SSSR count). The number of rotatable bonds is 4. The highest BCUT2D eigenvalue weighted by atomic mass is 16.5. The van der Waals surface area contributed by atoms with Gasteiger partial charge in [-0.05, 0) is 19.4 Å². The van der Waals surface area contributed by atoms with Crippen LogP contribution >= 0.6 is 0 Å². The summed E-state index contributed by atoms with van der Waals surface area (Å²) in [6.07, 6.45) is 0.566. The van der Waals surface area contributed by atoms with E-state index in [-0.39, 0.29) is 12.1 Å². The quantitative estimate of drug-likeness (QED) is 0.709. The van der Waals surface area contributed by atoms with Gasteiger partial charge in [0.15, 0.2) is 0 Å². The zero-order valence-electron chi connectivity index (χ0n) is 10.0. The molecule has 0 aliphatic carbocycles. The van der Waals surface area contributed by atoms with Gasteiger partial charge in [0, 0.05) is 13.0 Å². The van der Waals surface area contributed by atoms with Gasteiger partial charge in [0.25, 0.3) is 0 Å². The van der Waals surface area contributed by atoms with Crippen LogP contribution in [0.2, 0.25) is 0 Å². The lowest BCUT2D eigenvalue weighted by atomic mass is 9.91. The molecule has 0 aromatic heterocycles. The molecular formula is C11H21NO3. The van der Waals surface area contributed by atoms with Crippen LogP contribution in [0.4, 0.5) is 0 Å². The Hall–Kier alpha value is -0.610. The van der Waals surface area contributed by atoms with E-state index in [0.29, 0.717) is 18.9 Å². The molecule has 2 atom stereocenters. The summed E-state index contributed by atoms with van der Waals surface area (Å²) in [6, 6.07) is 0. The van der Waals surface area contributed by atoms with Crippen molar-refractivity contribution in [3.05, 3.63) is 0 Å². The minimum absolute atomic E-state index is 0.122. The first kappa shape index (κ1) is 12.5. The monoisotopic (exact) mass is 215 g/mol. The lowest BCUT2D eigenvalue weighted by molar-refractivity contribution is -0.150. The Morgan fingerprint density at radius 3 is 2.73 bits per heavy atom. The highest BCUT2D eigenvalue weighted by Crippen LogP contribution is 2.27. The standard InChI is InChI=1S/C11H21NO3/c1-8(2)7-12-11(10(13)14-4)5-6-15-9(11)3/h8-9,12H,5-7H2,1-4H3. The number of nitrogens with one attached hydrogen (secondary N) is 1. The minimum Gasteiger partial charge on any atom is -0.468 e. The van der Waals surface area contributed by atoms with Gasteiger partial charge in [-0.1, -0.05) is 13.8 Å². The van der Waals surface area contributed by atoms with Crippen molar-refractivity contribution in [1.82, 2.24) is 5.32 Å². The topological polar surface area (TPSA) is 47.6 Å². The average molecular weight is 215 g/mol. The van der Waals surface area contributed by atoms with E-state index in [1.165, 1.54) is 7.11 Å². The largest absolute Gasteiger partial charge is 0.468 e. The number of hydrogen-bond acceptors (Lipinski definition) is 4. The van der Waals surface area contributed by atoms with E-state index in [0.717, 1.165) is 6.54 Å². The van der Waals surface area contributed by atoms with E-state index >= 15 is 0 Å². The molecular weight excluding hydrogens is 194 g/mol. The first-order valence-electron chi connectivity index (χ1n) is 5.48. The summed E-state index contributed by atoms with van der Waals surface area (Å²) in [7, 11) is 1.42. The van der Waals surface area contributed by atoms with E-state index in [1.54, 1.807) is 0 Å². The number of carbonyl (C=O) groups excluding carboxylic acids is 1. The fourth-order valence-corrected chi connectivity index (χ4v) is 1.88. The number of esters is 1. The summed E-state index contributed by atoms with van der Waals surface area (Å²) in [5.41, 5.74) is -0.640. The molecule has 1 heterocycles. The Kier molecular flexibility index (Phi) is 4.11. The normalized spacial score (nSPS) is 30.9. The first-order valence-corrected chi connectivity index (χ1v) is 5.48. The van der Waals surface area contributed by atoms with Crippen LogP contribution in [0.1, 0.15) is 27.2 Å². The molecule has 0 spiro atoms. The van der Waals surface area contributed by atoms with Crippen LogP contribution in [0, 0.1) is 5.92 Å². The van der Waals surface area contributed by atoms with Crippen LogP contribution in [-0.2, 0) is 14.3 Å². The average Bonchev–Trinajstić information content (AvgIpc) is 2.57. The van der Waals surface area contributed by atoms with Gasteiger partial charge in [-0.25, -0.2) is 4.79 Å². The summed E-state index contributed by atoms with van der Waals surface area (Å²) in [6.45, 7) is 7.54. The van der Waals surface area contributed by atoms with Crippen molar-refractivity contribution in [3.8, 4) is 0 Å². The fraction of sp³-hybridized carbons (Fsp3) is 0.909. The van der Waals surface area contributed by atoms with Gasteiger partial charge < -0.3 is 9.47 Å². The smallest absolute Gasteiger partial charge is 0.328 e. The first-order chi connectivity index (χ1) is 7.03. The van der Waals surface area contributed by atoms with Gasteiger partial charge in [0.2, 0.25) is 0 Å². The van der Waals surface area contributed by atoms with Crippen LogP contribution in [0.5, 0.6) is 0 Å². The van der Waals surface area contributed by atoms with Crippen LogP contribution < -0.4 is 5.32 Å². The maximum Gasteiger partial charge on any atom is 0.328 e. The third-order valence-corrected chi connectivity index (χ3v) is 2.93. The Labute approximate surface area is 91.3 Å². The Bertz CT molecular complexity index is 230. The molecule has 0 amide bonds. The van der Waals surface area contributed by atoms with Gasteiger partial charge in [0.1, 0.15) is 5.54 Å². The second kappa shape index (κ2) is 4.94. The van der Waals surface area contributed by atoms with Gasteiger partial charge in [0.05, 0.1) is 13.2 Å². The van der Waals surface area contributed by atoms with E-state index in [9.17, 15) is 4.79 Å². The predicted molar refractivity (Wildman–Crippen MR) is 57.6 cm³/mol. The molecule has 4 nitrogen and oxygen atoms in total. The molecule has 1 aliphatic heterocycles. The van der Waals surface area contributed by atoms with Gasteiger partial charge in [-0.2, -0.15) is 0 Å². The van der Waals surface area contributed by atoms with E-state index in [4.69, 9.17) is 9.47 Å². The highest BCUT2D eigenvalue weighted by Gasteiger charge is 2.48. The lowest BCUT2D eigenvalue weighted by Crippen LogP contribution is -2.58. The summed E-state index contributed by atoms with van der Waals surface area (Å²) < 4.78 is 10.3. The fourth-order valence-electron chi connectivity index (χ4n) is 1.88. The summed E-state index contributed by atoms with van der Waals surface area (Å²) in [5, 5.41) is 3.30. The molecule has 2 unspecified atom stereocenters. The number of carbonyl (C=O) groups is 1. The molecule has 1 N–H and O–H groups in total. The minimum atomic E-state index is -0.640. The predicted octanol–water partition coefficient (Wildman–Crippen LogP) is 0.953. The Balaban J connectivity index is 2.72. The molecule has 1 saturated heterocycles. The van der Waals surface area contributed by atoms with Crippen molar-refractivity contribution in [2.45, 2.75) is 38.8 Å². The van der Waals surface area contributed by atoms with Crippen LogP contribution in [0.25, 0.3) is 0 Å². The third kappa shape index (κ3) is 2.49. The van der Waals surface area contributed by atoms with Crippen LogP contribution in [0.3, 0.4) is 0 Å². The summed E-state index contributed by atoms with van der Waals surface area (Å²) in [4.78, 5) is 11.8. The molecule has 0 aromatic rings. The second-order valence-corrected chi connectivity index (χ2v) is 4.50. The van der Waals surface area contributed by atoms with Crippen molar-refractivity contribution >= 4 is 5.97 Å². The van der Waals surface area contributed by atoms with Crippen molar-refractivity contribution in [2.24, 2.45) is 5.92 Å². The molecule has 0 bridgehead atoms. The molecule has 15 heavy (non-hydrogen) atoms. The summed E-state index contributed by atoms with van der Waals surface area (Å²) in [5.74, 6) is 0.285. The second-order valence-electron chi connectivity index (χ2n) is 4.50. The van der Waals surface area contributed by atoms with Crippen molar-refractivity contribution in [3.63, 3.8) is 0 Å². The van der Waals surface area contributed by atoms with Gasteiger partial charge >= 0.3 is 5.97 Å². The van der Waals surface area contributed by atoms with E-state index < -0.39 is 5.54 Å². The van der Waals surface area contributed by atoms with Crippen molar-refractivity contribution < 1.29 is 14.3 Å². The zero-order valence-corrected chi connectivity index (χ0v) is 10.0. The number of hydrogen-bond donors (Lipinski definition) is 1. The molecule has 0 aromatic carbocycles. The maximum absolute atomic E-state index is 11.8. The zero-order chi connectivity index (χ0) is 11.5. The number of methoxy groups -OCH3 is 1. The third-order valence-electron chi connectivity index (χ3n) is 2.93. The lowest BCUT2D eigenvalue weighted by Gasteiger charge is -2.31. The van der Waals surface area contributed by atoms with E-state index in [1.807, 2.05) is 6.92 Å². The Morgan fingerprint density at radius 1 is 1.67 bits per heavy atom. The van der Waals surface area contributed by atoms with Gasteiger partial charge in [-0.3, -0.25) is 5.32 Å². The number of ether oxygens (including phenoxy) is 2. The molecule has 0 radical (unpaired) electrons. The SMILES string of the molecule is COC(=O)C1(NCC(C)C)CCOC1C. The van der Waals surface area contributed by atoms with Crippen LogP contribution in [0.15, 0.2) is 0 Å². The van der Waals surface area contributed by atoms with E-state index in [2.05, 4.69) is 19.2 Å². The van der Waals surface area contributed by atoms with Gasteiger partial charge in [-0.15, -0.1) is 0 Å². The maximum atomic E-state index is 11.8. The molecule has 1 fully saturated rings.